The summed E-state index contributed by atoms with van der Waals surface area (Å²) < 4.78 is 1.21. The number of nitrogens with two attached hydrogens (primary N) is 1. The molecule has 9 heteroatoms. The zero-order chi connectivity index (χ0) is 14.6. The van der Waals surface area contributed by atoms with Crippen molar-refractivity contribution in [3.05, 3.63) is 20.7 Å². The van der Waals surface area contributed by atoms with Crippen molar-refractivity contribution in [3.8, 4) is 0 Å². The van der Waals surface area contributed by atoms with Crippen LogP contribution in [-0.2, 0) is 20.9 Å². The number of carbonyl (C=O) groups excluding carboxylic acids is 2. The summed E-state index contributed by atoms with van der Waals surface area (Å²) in [7, 11) is 0. The zero-order valence-corrected chi connectivity index (χ0v) is 10.9. The van der Waals surface area contributed by atoms with Crippen LogP contribution >= 0.6 is 11.3 Å². The van der Waals surface area contributed by atoms with Crippen molar-refractivity contribution in [2.75, 3.05) is 0 Å². The van der Waals surface area contributed by atoms with Crippen molar-refractivity contribution in [2.45, 2.75) is 25.9 Å². The first-order valence-electron chi connectivity index (χ1n) is 5.26. The molecule has 1 aromatic heterocycles. The normalized spacial score (nSPS) is 11.8. The highest BCUT2D eigenvalue weighted by molar-refractivity contribution is 7.07. The number of primary amides is 1. The van der Waals surface area contributed by atoms with Crippen molar-refractivity contribution in [1.29, 1.82) is 0 Å². The Balaban J connectivity index is 2.71. The van der Waals surface area contributed by atoms with Gasteiger partial charge in [-0.05, 0) is 6.92 Å². The Hall–Kier alpha value is -2.16. The number of amides is 2. The van der Waals surface area contributed by atoms with Crippen LogP contribution in [0.2, 0.25) is 0 Å². The molecular formula is C10H13N3O5S. The SMILES string of the molecule is Cc1csc(=O)n1CC(=O)N[C@H](CC(N)=O)C(=O)O. The molecule has 1 heterocycles. The third-order valence-electron chi connectivity index (χ3n) is 2.32. The topological polar surface area (TPSA) is 131 Å². The van der Waals surface area contributed by atoms with Gasteiger partial charge in [-0.15, -0.1) is 0 Å². The van der Waals surface area contributed by atoms with Gasteiger partial charge in [-0.3, -0.25) is 19.0 Å². The molecule has 0 radical (unpaired) electrons. The summed E-state index contributed by atoms with van der Waals surface area (Å²) in [4.78, 5) is 44.2. The minimum Gasteiger partial charge on any atom is -0.480 e. The molecule has 104 valence electrons. The molecule has 0 aliphatic carbocycles. The second-order valence-electron chi connectivity index (χ2n) is 3.86. The Morgan fingerprint density at radius 3 is 2.58 bits per heavy atom. The summed E-state index contributed by atoms with van der Waals surface area (Å²) in [6, 6.07) is -1.39. The summed E-state index contributed by atoms with van der Waals surface area (Å²) in [5, 5.41) is 12.6. The third-order valence-corrected chi connectivity index (χ3v) is 3.20. The highest BCUT2D eigenvalue weighted by atomic mass is 32.1. The third kappa shape index (κ3) is 4.21. The van der Waals surface area contributed by atoms with Gasteiger partial charge in [0.15, 0.2) is 0 Å². The van der Waals surface area contributed by atoms with Crippen LogP contribution in [-0.4, -0.2) is 33.5 Å². The molecule has 0 spiro atoms. The number of aromatic nitrogens is 1. The first-order valence-corrected chi connectivity index (χ1v) is 6.14. The van der Waals surface area contributed by atoms with Crippen LogP contribution in [0.1, 0.15) is 12.1 Å². The van der Waals surface area contributed by atoms with E-state index in [-0.39, 0.29) is 11.4 Å². The lowest BCUT2D eigenvalue weighted by Gasteiger charge is -2.13. The van der Waals surface area contributed by atoms with Crippen LogP contribution in [0.25, 0.3) is 0 Å². The molecule has 0 aliphatic heterocycles. The van der Waals surface area contributed by atoms with Crippen LogP contribution in [0.15, 0.2) is 10.2 Å². The summed E-state index contributed by atoms with van der Waals surface area (Å²) in [5.41, 5.74) is 5.49. The van der Waals surface area contributed by atoms with Crippen molar-refractivity contribution in [3.63, 3.8) is 0 Å². The van der Waals surface area contributed by atoms with E-state index in [9.17, 15) is 19.2 Å². The lowest BCUT2D eigenvalue weighted by molar-refractivity contribution is -0.143. The predicted molar refractivity (Wildman–Crippen MR) is 66.7 cm³/mol. The van der Waals surface area contributed by atoms with E-state index < -0.39 is 30.2 Å². The summed E-state index contributed by atoms with van der Waals surface area (Å²) in [6.07, 6.45) is -0.501. The van der Waals surface area contributed by atoms with E-state index in [0.717, 1.165) is 11.3 Å². The number of thiazole rings is 1. The molecule has 0 saturated carbocycles. The molecule has 19 heavy (non-hydrogen) atoms. The predicted octanol–water partition coefficient (Wildman–Crippen LogP) is -1.34. The van der Waals surface area contributed by atoms with E-state index in [1.165, 1.54) is 4.57 Å². The molecule has 0 fully saturated rings. The van der Waals surface area contributed by atoms with Gasteiger partial charge in [0.1, 0.15) is 12.6 Å². The molecule has 0 aliphatic rings. The average molecular weight is 287 g/mol. The maximum Gasteiger partial charge on any atom is 0.326 e. The summed E-state index contributed by atoms with van der Waals surface area (Å²) in [5.74, 6) is -2.87. The fourth-order valence-electron chi connectivity index (χ4n) is 1.38. The van der Waals surface area contributed by atoms with Gasteiger partial charge in [0.2, 0.25) is 11.8 Å². The standard InChI is InChI=1S/C10H13N3O5S/c1-5-4-19-10(18)13(5)3-8(15)12-6(9(16)17)2-7(11)14/h4,6H,2-3H2,1H3,(H2,11,14)(H,12,15)(H,16,17)/t6-/m1/s1. The second kappa shape index (κ2) is 6.14. The molecule has 0 aromatic carbocycles. The molecule has 1 aromatic rings. The number of aliphatic carboxylic acids is 1. The highest BCUT2D eigenvalue weighted by Crippen LogP contribution is 1.99. The van der Waals surface area contributed by atoms with E-state index in [0.29, 0.717) is 5.69 Å². The number of rotatable bonds is 6. The summed E-state index contributed by atoms with van der Waals surface area (Å²) in [6.45, 7) is 1.36. The molecule has 1 atom stereocenters. The number of hydrogen-bond donors (Lipinski definition) is 3. The number of carboxylic acid groups (broad SMARTS) is 1. The van der Waals surface area contributed by atoms with Gasteiger partial charge in [0, 0.05) is 11.1 Å². The number of carboxylic acids is 1. The molecule has 0 bridgehead atoms. The smallest absolute Gasteiger partial charge is 0.326 e. The van der Waals surface area contributed by atoms with Crippen LogP contribution in [0.3, 0.4) is 0 Å². The Kier molecular flexibility index (Phi) is 4.81. The Labute approximate surface area is 111 Å². The fourth-order valence-corrected chi connectivity index (χ4v) is 2.12. The molecule has 8 nitrogen and oxygen atoms in total. The van der Waals surface area contributed by atoms with Crippen LogP contribution in [0.5, 0.6) is 0 Å². The van der Waals surface area contributed by atoms with Gasteiger partial charge in [-0.25, -0.2) is 4.79 Å². The van der Waals surface area contributed by atoms with Crippen LogP contribution in [0.4, 0.5) is 0 Å². The van der Waals surface area contributed by atoms with Crippen LogP contribution < -0.4 is 15.9 Å². The van der Waals surface area contributed by atoms with Gasteiger partial charge < -0.3 is 16.2 Å². The minimum absolute atomic E-state index is 0.295. The van der Waals surface area contributed by atoms with Gasteiger partial charge in [-0.1, -0.05) is 11.3 Å². The van der Waals surface area contributed by atoms with Crippen LogP contribution in [0, 0.1) is 6.92 Å². The maximum absolute atomic E-state index is 11.6. The number of nitrogens with one attached hydrogen (secondary N) is 1. The Morgan fingerprint density at radius 1 is 1.53 bits per heavy atom. The largest absolute Gasteiger partial charge is 0.480 e. The average Bonchev–Trinajstić information content (AvgIpc) is 2.59. The minimum atomic E-state index is -1.39. The quantitative estimate of drug-likeness (QED) is 0.596. The molecule has 0 saturated heterocycles. The fraction of sp³-hybridized carbons (Fsp3) is 0.400. The van der Waals surface area contributed by atoms with Crippen molar-refractivity contribution in [2.24, 2.45) is 5.73 Å². The Bertz CT molecular complexity index is 562. The lowest BCUT2D eigenvalue weighted by Crippen LogP contribution is -2.45. The molecular weight excluding hydrogens is 274 g/mol. The monoisotopic (exact) mass is 287 g/mol. The molecule has 1 rings (SSSR count). The van der Waals surface area contributed by atoms with Crippen molar-refractivity contribution < 1.29 is 19.5 Å². The van der Waals surface area contributed by atoms with Gasteiger partial charge >= 0.3 is 10.8 Å². The van der Waals surface area contributed by atoms with E-state index >= 15 is 0 Å². The Morgan fingerprint density at radius 2 is 2.16 bits per heavy atom. The number of aryl methyl sites for hydroxylation is 1. The van der Waals surface area contributed by atoms with Gasteiger partial charge in [0.05, 0.1) is 6.42 Å². The molecule has 0 unspecified atom stereocenters. The lowest BCUT2D eigenvalue weighted by atomic mass is 10.2. The van der Waals surface area contributed by atoms with Gasteiger partial charge in [-0.2, -0.15) is 0 Å². The van der Waals surface area contributed by atoms with Crippen molar-refractivity contribution >= 4 is 29.1 Å². The van der Waals surface area contributed by atoms with E-state index in [1.807, 2.05) is 0 Å². The maximum atomic E-state index is 11.6. The second-order valence-corrected chi connectivity index (χ2v) is 4.68. The first kappa shape index (κ1) is 14.9. The number of nitrogens with zero attached hydrogens (tertiary/aromatic N) is 1. The molecule has 4 N–H and O–H groups in total. The van der Waals surface area contributed by atoms with Crippen molar-refractivity contribution in [1.82, 2.24) is 9.88 Å². The number of hydrogen-bond acceptors (Lipinski definition) is 5. The van der Waals surface area contributed by atoms with E-state index in [2.05, 4.69) is 5.32 Å². The van der Waals surface area contributed by atoms with E-state index in [4.69, 9.17) is 10.8 Å². The number of carbonyl (C=O) groups is 3. The zero-order valence-electron chi connectivity index (χ0n) is 10.1. The summed E-state index contributed by atoms with van der Waals surface area (Å²) >= 11 is 0.946. The van der Waals surface area contributed by atoms with E-state index in [1.54, 1.807) is 12.3 Å². The molecule has 2 amide bonds. The highest BCUT2D eigenvalue weighted by Gasteiger charge is 2.22. The van der Waals surface area contributed by atoms with Gasteiger partial charge in [0.25, 0.3) is 0 Å². The first-order chi connectivity index (χ1) is 8.81.